The van der Waals surface area contributed by atoms with Gasteiger partial charge in [-0.05, 0) is 50.3 Å². The maximum Gasteiger partial charge on any atom is 0.228 e. The summed E-state index contributed by atoms with van der Waals surface area (Å²) < 4.78 is 0. The SMILES string of the molecule is Cc1cc(C)c(N2CC(C(=O)N3CCCCC3)CC2=O)c(Cl)c1. The molecule has 5 heteroatoms. The van der Waals surface area contributed by atoms with Gasteiger partial charge in [0.15, 0.2) is 0 Å². The van der Waals surface area contributed by atoms with E-state index in [9.17, 15) is 9.59 Å². The van der Waals surface area contributed by atoms with Gasteiger partial charge in [-0.3, -0.25) is 9.59 Å². The van der Waals surface area contributed by atoms with Crippen LogP contribution in [0.1, 0.15) is 36.8 Å². The fourth-order valence-corrected chi connectivity index (χ4v) is 4.13. The van der Waals surface area contributed by atoms with Gasteiger partial charge in [0.05, 0.1) is 16.6 Å². The average Bonchev–Trinajstić information content (AvgIpc) is 2.88. The molecule has 4 nitrogen and oxygen atoms in total. The van der Waals surface area contributed by atoms with Gasteiger partial charge in [0.1, 0.15) is 0 Å². The molecule has 1 unspecified atom stereocenters. The van der Waals surface area contributed by atoms with E-state index in [2.05, 4.69) is 0 Å². The van der Waals surface area contributed by atoms with E-state index < -0.39 is 0 Å². The zero-order chi connectivity index (χ0) is 16.6. The van der Waals surface area contributed by atoms with Crippen LogP contribution in [0.5, 0.6) is 0 Å². The highest BCUT2D eigenvalue weighted by molar-refractivity contribution is 6.34. The Balaban J connectivity index is 1.79. The minimum atomic E-state index is -0.239. The van der Waals surface area contributed by atoms with Crippen LogP contribution < -0.4 is 4.90 Å². The second kappa shape index (κ2) is 6.52. The van der Waals surface area contributed by atoms with Crippen molar-refractivity contribution >= 4 is 29.1 Å². The maximum atomic E-state index is 12.7. The first-order chi connectivity index (χ1) is 11.0. The number of amides is 2. The zero-order valence-corrected chi connectivity index (χ0v) is 14.5. The number of nitrogens with zero attached hydrogens (tertiary/aromatic N) is 2. The highest BCUT2D eigenvalue weighted by Gasteiger charge is 2.38. The van der Waals surface area contributed by atoms with E-state index in [4.69, 9.17) is 11.6 Å². The van der Waals surface area contributed by atoms with Gasteiger partial charge in [0.25, 0.3) is 0 Å². The normalized spacial score (nSPS) is 21.9. The van der Waals surface area contributed by atoms with E-state index in [-0.39, 0.29) is 17.7 Å². The lowest BCUT2D eigenvalue weighted by molar-refractivity contribution is -0.136. The van der Waals surface area contributed by atoms with Crippen LogP contribution in [0.3, 0.4) is 0 Å². The number of hydrogen-bond acceptors (Lipinski definition) is 2. The van der Waals surface area contributed by atoms with E-state index in [0.29, 0.717) is 18.0 Å². The number of anilines is 1. The van der Waals surface area contributed by atoms with Crippen LogP contribution in [0.25, 0.3) is 0 Å². The Kier molecular flexibility index (Phi) is 4.62. The van der Waals surface area contributed by atoms with Crippen molar-refractivity contribution in [1.82, 2.24) is 4.90 Å². The second-order valence-electron chi connectivity index (χ2n) is 6.70. The lowest BCUT2D eigenvalue weighted by Gasteiger charge is -2.29. The third-order valence-electron chi connectivity index (χ3n) is 4.81. The molecule has 1 atom stereocenters. The van der Waals surface area contributed by atoms with Gasteiger partial charge in [0, 0.05) is 26.1 Å². The summed E-state index contributed by atoms with van der Waals surface area (Å²) in [7, 11) is 0. The molecule has 0 spiro atoms. The van der Waals surface area contributed by atoms with E-state index >= 15 is 0 Å². The van der Waals surface area contributed by atoms with Crippen LogP contribution in [-0.4, -0.2) is 36.3 Å². The molecule has 1 aromatic rings. The molecular formula is C18H23ClN2O2. The first kappa shape index (κ1) is 16.3. The molecule has 0 bridgehead atoms. The second-order valence-corrected chi connectivity index (χ2v) is 7.11. The molecule has 2 aliphatic rings. The van der Waals surface area contributed by atoms with Gasteiger partial charge in [-0.25, -0.2) is 0 Å². The van der Waals surface area contributed by atoms with Gasteiger partial charge in [-0.15, -0.1) is 0 Å². The molecule has 2 fully saturated rings. The molecule has 124 valence electrons. The highest BCUT2D eigenvalue weighted by atomic mass is 35.5. The summed E-state index contributed by atoms with van der Waals surface area (Å²) in [6.07, 6.45) is 3.62. The molecule has 2 heterocycles. The largest absolute Gasteiger partial charge is 0.342 e. The van der Waals surface area contributed by atoms with Crippen molar-refractivity contribution < 1.29 is 9.59 Å². The molecule has 0 N–H and O–H groups in total. The van der Waals surface area contributed by atoms with Crippen LogP contribution in [0, 0.1) is 19.8 Å². The van der Waals surface area contributed by atoms with E-state index in [1.165, 1.54) is 6.42 Å². The monoisotopic (exact) mass is 334 g/mol. The van der Waals surface area contributed by atoms with Crippen LogP contribution in [0.4, 0.5) is 5.69 Å². The molecule has 2 saturated heterocycles. The molecule has 0 radical (unpaired) electrons. The van der Waals surface area contributed by atoms with Gasteiger partial charge < -0.3 is 9.80 Å². The standard InChI is InChI=1S/C18H23ClN2O2/c1-12-8-13(2)17(15(19)9-12)21-11-14(10-16(21)22)18(23)20-6-4-3-5-7-20/h8-9,14H,3-7,10-11H2,1-2H3. The van der Waals surface area contributed by atoms with Crippen molar-refractivity contribution in [2.75, 3.05) is 24.5 Å². The zero-order valence-electron chi connectivity index (χ0n) is 13.8. The molecule has 0 saturated carbocycles. The Labute approximate surface area is 142 Å². The number of carbonyl (C=O) groups excluding carboxylic acids is 2. The molecule has 0 aromatic heterocycles. The number of carbonyl (C=O) groups is 2. The molecule has 1 aromatic carbocycles. The average molecular weight is 335 g/mol. The van der Waals surface area contributed by atoms with Crippen molar-refractivity contribution in [3.05, 3.63) is 28.3 Å². The Hall–Kier alpha value is -1.55. The van der Waals surface area contributed by atoms with Crippen LogP contribution >= 0.6 is 11.6 Å². The summed E-state index contributed by atoms with van der Waals surface area (Å²) in [5.74, 6) is -0.118. The topological polar surface area (TPSA) is 40.6 Å². The Morgan fingerprint density at radius 2 is 1.87 bits per heavy atom. The number of benzene rings is 1. The van der Waals surface area contributed by atoms with Crippen LogP contribution in [0.15, 0.2) is 12.1 Å². The van der Waals surface area contributed by atoms with Gasteiger partial charge >= 0.3 is 0 Å². The number of hydrogen-bond donors (Lipinski definition) is 0. The lowest BCUT2D eigenvalue weighted by atomic mass is 10.0. The van der Waals surface area contributed by atoms with Gasteiger partial charge in [-0.1, -0.05) is 17.7 Å². The molecule has 23 heavy (non-hydrogen) atoms. The Bertz CT molecular complexity index is 615. The number of aryl methyl sites for hydroxylation is 2. The van der Waals surface area contributed by atoms with Crippen molar-refractivity contribution in [1.29, 1.82) is 0 Å². The highest BCUT2D eigenvalue weighted by Crippen LogP contribution is 2.35. The predicted octanol–water partition coefficient (Wildman–Crippen LogP) is 3.32. The maximum absolute atomic E-state index is 12.7. The molecule has 0 aliphatic carbocycles. The minimum Gasteiger partial charge on any atom is -0.342 e. The van der Waals surface area contributed by atoms with Crippen molar-refractivity contribution in [2.45, 2.75) is 39.5 Å². The van der Waals surface area contributed by atoms with Gasteiger partial charge in [-0.2, -0.15) is 0 Å². The third-order valence-corrected chi connectivity index (χ3v) is 5.10. The Morgan fingerprint density at radius 1 is 1.17 bits per heavy atom. The Morgan fingerprint density at radius 3 is 2.52 bits per heavy atom. The first-order valence-corrected chi connectivity index (χ1v) is 8.71. The molecular weight excluding hydrogens is 312 g/mol. The van der Waals surface area contributed by atoms with Crippen molar-refractivity contribution in [3.8, 4) is 0 Å². The van der Waals surface area contributed by atoms with Gasteiger partial charge in [0.2, 0.25) is 11.8 Å². The van der Waals surface area contributed by atoms with Crippen molar-refractivity contribution in [3.63, 3.8) is 0 Å². The number of piperidine rings is 1. The summed E-state index contributed by atoms with van der Waals surface area (Å²) in [6, 6.07) is 3.89. The van der Waals surface area contributed by atoms with E-state index in [1.54, 1.807) is 4.90 Å². The fourth-order valence-electron chi connectivity index (χ4n) is 3.71. The summed E-state index contributed by atoms with van der Waals surface area (Å²) in [5, 5.41) is 0.585. The van der Waals surface area contributed by atoms with Crippen LogP contribution in [0.2, 0.25) is 5.02 Å². The molecule has 3 rings (SSSR count). The third kappa shape index (κ3) is 3.23. The summed E-state index contributed by atoms with van der Waals surface area (Å²) in [6.45, 7) is 6.04. The molecule has 2 aliphatic heterocycles. The lowest BCUT2D eigenvalue weighted by Crippen LogP contribution is -2.40. The fraction of sp³-hybridized carbons (Fsp3) is 0.556. The summed E-state index contributed by atoms with van der Waals surface area (Å²) in [5.41, 5.74) is 2.81. The smallest absolute Gasteiger partial charge is 0.228 e. The van der Waals surface area contributed by atoms with E-state index in [1.807, 2.05) is 30.9 Å². The van der Waals surface area contributed by atoms with E-state index in [0.717, 1.165) is 42.7 Å². The first-order valence-electron chi connectivity index (χ1n) is 8.33. The van der Waals surface area contributed by atoms with Crippen molar-refractivity contribution in [2.24, 2.45) is 5.92 Å². The predicted molar refractivity (Wildman–Crippen MR) is 91.8 cm³/mol. The number of rotatable bonds is 2. The minimum absolute atomic E-state index is 0.00536. The quantitative estimate of drug-likeness (QED) is 0.832. The number of halogens is 1. The molecule has 2 amide bonds. The summed E-state index contributed by atoms with van der Waals surface area (Å²) in [4.78, 5) is 28.7. The summed E-state index contributed by atoms with van der Waals surface area (Å²) >= 11 is 6.37. The number of likely N-dealkylation sites (tertiary alicyclic amines) is 1. The van der Waals surface area contributed by atoms with Crippen LogP contribution in [-0.2, 0) is 9.59 Å².